The number of pyridine rings is 2. The molecule has 46 heavy (non-hydrogen) atoms. The van der Waals surface area contributed by atoms with Gasteiger partial charge in [-0.05, 0) is 76.8 Å². The van der Waals surface area contributed by atoms with Crippen molar-refractivity contribution in [1.29, 1.82) is 0 Å². The summed E-state index contributed by atoms with van der Waals surface area (Å²) in [7, 11) is 0. The first kappa shape index (κ1) is 33.4. The minimum atomic E-state index is 0. The van der Waals surface area contributed by atoms with Crippen LogP contribution in [0.15, 0.2) is 109 Å². The molecular weight excluding hydrogens is 757 g/mol. The molecule has 2 nitrogen and oxygen atoms in total. The Hall–Kier alpha value is -3.95. The first-order valence-electron chi connectivity index (χ1n) is 15.6. The van der Waals surface area contributed by atoms with E-state index in [4.69, 9.17) is 4.98 Å². The number of hydrogen-bond donors (Lipinski definition) is 0. The molecule has 0 aliphatic heterocycles. The van der Waals surface area contributed by atoms with Crippen molar-refractivity contribution in [2.75, 3.05) is 0 Å². The Balaban J connectivity index is 0.000000193. The molecule has 233 valence electrons. The van der Waals surface area contributed by atoms with Gasteiger partial charge in [-0.15, -0.1) is 59.2 Å². The molecule has 0 atom stereocenters. The normalized spacial score (nSPS) is 10.9. The number of hydrogen-bond acceptors (Lipinski definition) is 3. The van der Waals surface area contributed by atoms with E-state index in [1.165, 1.54) is 53.6 Å². The quantitative estimate of drug-likeness (QED) is 0.157. The van der Waals surface area contributed by atoms with Gasteiger partial charge in [0.1, 0.15) is 0 Å². The maximum atomic E-state index is 4.80. The largest absolute Gasteiger partial charge is 0.304 e. The van der Waals surface area contributed by atoms with E-state index >= 15 is 0 Å². The average molecular weight is 795 g/mol. The fourth-order valence-electron chi connectivity index (χ4n) is 5.65. The molecule has 4 aromatic carbocycles. The first-order chi connectivity index (χ1) is 21.9. The summed E-state index contributed by atoms with van der Waals surface area (Å²) < 4.78 is 2.58. The van der Waals surface area contributed by atoms with Crippen molar-refractivity contribution in [3.05, 3.63) is 155 Å². The SMILES string of the molecule is Cc1c[c-]c(-c2cc(C)c(CC(C)C)cn2)cc1.Cc1cc(-c2[c-]ccc3c2sc2ccccc23)ncc1Cc1ccccc1.[Ir]. The fourth-order valence-corrected chi connectivity index (χ4v) is 6.86. The smallest absolute Gasteiger partial charge is 0.0239 e. The summed E-state index contributed by atoms with van der Waals surface area (Å²) in [6, 6.07) is 40.6. The topological polar surface area (TPSA) is 25.8 Å². The van der Waals surface area contributed by atoms with E-state index in [-0.39, 0.29) is 20.1 Å². The van der Waals surface area contributed by atoms with Crippen LogP contribution in [0.3, 0.4) is 0 Å². The minimum Gasteiger partial charge on any atom is -0.304 e. The van der Waals surface area contributed by atoms with Crippen LogP contribution < -0.4 is 0 Å². The van der Waals surface area contributed by atoms with Gasteiger partial charge in [0, 0.05) is 37.2 Å². The van der Waals surface area contributed by atoms with Crippen molar-refractivity contribution in [2.45, 2.75) is 47.5 Å². The third-order valence-electron chi connectivity index (χ3n) is 8.14. The molecule has 7 aromatic rings. The number of nitrogens with zero attached hydrogens (tertiary/aromatic N) is 2. The Labute approximate surface area is 291 Å². The number of thiophene rings is 1. The van der Waals surface area contributed by atoms with Gasteiger partial charge in [-0.1, -0.05) is 97.9 Å². The van der Waals surface area contributed by atoms with Gasteiger partial charge in [0.25, 0.3) is 0 Å². The Morgan fingerprint density at radius 3 is 2.13 bits per heavy atom. The average Bonchev–Trinajstić information content (AvgIpc) is 3.43. The van der Waals surface area contributed by atoms with Crippen LogP contribution in [0.1, 0.15) is 47.2 Å². The molecule has 0 aliphatic carbocycles. The Morgan fingerprint density at radius 2 is 1.41 bits per heavy atom. The van der Waals surface area contributed by atoms with Crippen LogP contribution in [0, 0.1) is 38.8 Å². The molecule has 0 N–H and O–H groups in total. The molecule has 0 fully saturated rings. The first-order valence-corrected chi connectivity index (χ1v) is 16.4. The maximum Gasteiger partial charge on any atom is 0.0239 e. The number of fused-ring (bicyclic) bond motifs is 3. The second kappa shape index (κ2) is 15.1. The summed E-state index contributed by atoms with van der Waals surface area (Å²) in [5.41, 5.74) is 11.9. The van der Waals surface area contributed by atoms with Gasteiger partial charge >= 0.3 is 0 Å². The molecule has 0 unspecified atom stereocenters. The van der Waals surface area contributed by atoms with Crippen LogP contribution >= 0.6 is 11.3 Å². The second-order valence-electron chi connectivity index (χ2n) is 12.2. The Kier molecular flexibility index (Phi) is 11.0. The predicted molar refractivity (Wildman–Crippen MR) is 192 cm³/mol. The van der Waals surface area contributed by atoms with Crippen molar-refractivity contribution in [2.24, 2.45) is 5.92 Å². The van der Waals surface area contributed by atoms with Crippen LogP contribution in [-0.2, 0) is 32.9 Å². The van der Waals surface area contributed by atoms with E-state index in [0.29, 0.717) is 5.92 Å². The van der Waals surface area contributed by atoms with Gasteiger partial charge in [0.05, 0.1) is 0 Å². The molecule has 3 heterocycles. The molecule has 0 amide bonds. The van der Waals surface area contributed by atoms with Gasteiger partial charge in [0.2, 0.25) is 0 Å². The zero-order chi connectivity index (χ0) is 31.3. The summed E-state index contributed by atoms with van der Waals surface area (Å²) in [4.78, 5) is 9.36. The van der Waals surface area contributed by atoms with Crippen molar-refractivity contribution >= 4 is 31.5 Å². The van der Waals surface area contributed by atoms with Crippen LogP contribution in [0.4, 0.5) is 0 Å². The van der Waals surface area contributed by atoms with Crippen LogP contribution in [0.2, 0.25) is 0 Å². The summed E-state index contributed by atoms with van der Waals surface area (Å²) >= 11 is 1.82. The Morgan fingerprint density at radius 1 is 0.717 bits per heavy atom. The molecule has 0 saturated heterocycles. The molecule has 0 aliphatic rings. The van der Waals surface area contributed by atoms with Crippen molar-refractivity contribution in [3.8, 4) is 22.5 Å². The van der Waals surface area contributed by atoms with Crippen molar-refractivity contribution in [1.82, 2.24) is 9.97 Å². The molecule has 0 bridgehead atoms. The molecule has 0 spiro atoms. The van der Waals surface area contributed by atoms with Crippen LogP contribution in [0.25, 0.3) is 42.7 Å². The van der Waals surface area contributed by atoms with E-state index in [1.807, 2.05) is 35.9 Å². The third-order valence-corrected chi connectivity index (χ3v) is 9.35. The Bertz CT molecular complexity index is 2060. The van der Waals surface area contributed by atoms with Gasteiger partial charge in [-0.25, -0.2) is 0 Å². The minimum absolute atomic E-state index is 0. The van der Waals surface area contributed by atoms with Crippen LogP contribution in [0.5, 0.6) is 0 Å². The monoisotopic (exact) mass is 795 g/mol. The van der Waals surface area contributed by atoms with Gasteiger partial charge in [-0.3, -0.25) is 0 Å². The zero-order valence-corrected chi connectivity index (χ0v) is 30.2. The second-order valence-corrected chi connectivity index (χ2v) is 13.3. The molecule has 0 saturated carbocycles. The summed E-state index contributed by atoms with van der Waals surface area (Å²) in [6.45, 7) is 10.9. The fraction of sp³-hybridized carbons (Fsp3) is 0.190. The number of rotatable bonds is 6. The van der Waals surface area contributed by atoms with E-state index in [0.717, 1.165) is 35.4 Å². The standard InChI is InChI=1S/C25H18NS.C17H20N.Ir/c1-17-14-23(26-16-19(17)15-18-8-3-2-4-9-18)22-12-7-11-21-20-10-5-6-13-24(20)27-25(21)22;1-12(2)9-16-11-18-17(10-14(16)4)15-7-5-13(3)6-8-15;/h2-11,13-14,16H,15H2,1H3;5-7,10-12H,9H2,1-4H3;/q2*-1;. The zero-order valence-electron chi connectivity index (χ0n) is 27.0. The van der Waals surface area contributed by atoms with E-state index in [9.17, 15) is 0 Å². The van der Waals surface area contributed by atoms with E-state index in [1.54, 1.807) is 0 Å². The van der Waals surface area contributed by atoms with E-state index < -0.39 is 0 Å². The predicted octanol–water partition coefficient (Wildman–Crippen LogP) is 11.2. The number of aryl methyl sites for hydroxylation is 3. The van der Waals surface area contributed by atoms with Gasteiger partial charge < -0.3 is 9.97 Å². The van der Waals surface area contributed by atoms with Crippen molar-refractivity contribution in [3.63, 3.8) is 0 Å². The molecule has 7 rings (SSSR count). The number of aromatic nitrogens is 2. The summed E-state index contributed by atoms with van der Waals surface area (Å²) in [6.07, 6.45) is 6.05. The summed E-state index contributed by atoms with van der Waals surface area (Å²) in [5, 5.41) is 2.60. The molecule has 3 aromatic heterocycles. The van der Waals surface area contributed by atoms with Gasteiger partial charge in [0.15, 0.2) is 0 Å². The maximum absolute atomic E-state index is 4.80. The van der Waals surface area contributed by atoms with Crippen LogP contribution in [-0.4, -0.2) is 9.97 Å². The van der Waals surface area contributed by atoms with E-state index in [2.05, 4.69) is 137 Å². The summed E-state index contributed by atoms with van der Waals surface area (Å²) in [5.74, 6) is 0.669. The van der Waals surface area contributed by atoms with Crippen molar-refractivity contribution < 1.29 is 20.1 Å². The number of benzene rings is 4. The molecular formula is C42H38IrN2S-2. The molecule has 1 radical (unpaired) electrons. The third kappa shape index (κ3) is 7.70. The van der Waals surface area contributed by atoms with Gasteiger partial charge in [-0.2, -0.15) is 11.3 Å². The molecule has 4 heteroatoms.